The van der Waals surface area contributed by atoms with Crippen LogP contribution in [0.4, 0.5) is 13.2 Å². The quantitative estimate of drug-likeness (QED) is 0.830. The monoisotopic (exact) mass is 248 g/mol. The Bertz CT molecular complexity index is 409. The third-order valence-corrected chi connectivity index (χ3v) is 2.31. The molecule has 0 radical (unpaired) electrons. The highest BCUT2D eigenvalue weighted by Gasteiger charge is 2.30. The number of nitrogens with zero attached hydrogens (tertiary/aromatic N) is 1. The van der Waals surface area contributed by atoms with Gasteiger partial charge in [0.25, 0.3) is 0 Å². The van der Waals surface area contributed by atoms with Crippen LogP contribution in [0.25, 0.3) is 0 Å². The maximum atomic E-state index is 12.1. The zero-order valence-corrected chi connectivity index (χ0v) is 9.98. The minimum Gasteiger partial charge on any atom is -0.362 e. The largest absolute Gasteiger partial charge is 0.401 e. The number of aromatic amines is 1. The van der Waals surface area contributed by atoms with Gasteiger partial charge in [0, 0.05) is 17.0 Å². The lowest BCUT2D eigenvalue weighted by Crippen LogP contribution is -2.34. The number of hydrogen-bond acceptors (Lipinski definition) is 2. The van der Waals surface area contributed by atoms with Crippen LogP contribution in [0.15, 0.2) is 6.07 Å². The second-order valence-electron chi connectivity index (χ2n) is 4.20. The molecular weight excluding hydrogens is 233 g/mol. The number of H-pyrrole nitrogens is 1. The third kappa shape index (κ3) is 4.22. The summed E-state index contributed by atoms with van der Waals surface area (Å²) in [5, 5.41) is 0. The molecule has 1 heterocycles. The van der Waals surface area contributed by atoms with Crippen LogP contribution < -0.4 is 0 Å². The van der Waals surface area contributed by atoms with Crippen LogP contribution in [0, 0.1) is 13.8 Å². The van der Waals surface area contributed by atoms with Gasteiger partial charge in [0.05, 0.1) is 13.1 Å². The average Bonchev–Trinajstić information content (AvgIpc) is 2.41. The van der Waals surface area contributed by atoms with Crippen molar-refractivity contribution in [3.05, 3.63) is 23.0 Å². The van der Waals surface area contributed by atoms with E-state index in [1.807, 2.05) is 0 Å². The summed E-state index contributed by atoms with van der Waals surface area (Å²) in [4.78, 5) is 15.7. The van der Waals surface area contributed by atoms with E-state index in [1.165, 1.54) is 7.05 Å². The molecule has 1 N–H and O–H groups in total. The first-order chi connectivity index (χ1) is 7.69. The highest BCUT2D eigenvalue weighted by Crippen LogP contribution is 2.16. The van der Waals surface area contributed by atoms with Crippen LogP contribution in [0.1, 0.15) is 21.7 Å². The Hall–Kier alpha value is -1.30. The standard InChI is InChI=1S/C11H15F3N2O/c1-7-4-9(8(2)15-7)10(17)5-16(3)6-11(12,13)14/h4,15H,5-6H2,1-3H3. The van der Waals surface area contributed by atoms with Gasteiger partial charge in [-0.3, -0.25) is 9.69 Å². The molecule has 0 fully saturated rings. The fourth-order valence-corrected chi connectivity index (χ4v) is 1.71. The summed E-state index contributed by atoms with van der Waals surface area (Å²) in [5.74, 6) is -0.307. The van der Waals surface area contributed by atoms with E-state index >= 15 is 0 Å². The van der Waals surface area contributed by atoms with Crippen molar-refractivity contribution in [3.63, 3.8) is 0 Å². The van der Waals surface area contributed by atoms with Gasteiger partial charge in [-0.2, -0.15) is 13.2 Å². The number of alkyl halides is 3. The maximum Gasteiger partial charge on any atom is 0.401 e. The fraction of sp³-hybridized carbons (Fsp3) is 0.545. The van der Waals surface area contributed by atoms with Crippen LogP contribution in [-0.2, 0) is 0 Å². The highest BCUT2D eigenvalue weighted by molar-refractivity contribution is 5.98. The maximum absolute atomic E-state index is 12.1. The van der Waals surface area contributed by atoms with Crippen molar-refractivity contribution in [1.82, 2.24) is 9.88 Å². The highest BCUT2D eigenvalue weighted by atomic mass is 19.4. The number of aromatic nitrogens is 1. The lowest BCUT2D eigenvalue weighted by atomic mass is 10.1. The van der Waals surface area contributed by atoms with Gasteiger partial charge in [0.15, 0.2) is 5.78 Å². The molecule has 6 heteroatoms. The lowest BCUT2D eigenvalue weighted by Gasteiger charge is -2.17. The van der Waals surface area contributed by atoms with Crippen molar-refractivity contribution in [1.29, 1.82) is 0 Å². The van der Waals surface area contributed by atoms with Crippen molar-refractivity contribution < 1.29 is 18.0 Å². The van der Waals surface area contributed by atoms with E-state index in [9.17, 15) is 18.0 Å². The summed E-state index contributed by atoms with van der Waals surface area (Å²) in [6, 6.07) is 1.65. The molecule has 0 aliphatic heterocycles. The Morgan fingerprint density at radius 1 is 1.41 bits per heavy atom. The van der Waals surface area contributed by atoms with Crippen molar-refractivity contribution in [2.75, 3.05) is 20.1 Å². The van der Waals surface area contributed by atoms with E-state index < -0.39 is 12.7 Å². The smallest absolute Gasteiger partial charge is 0.362 e. The van der Waals surface area contributed by atoms with Gasteiger partial charge >= 0.3 is 6.18 Å². The first-order valence-corrected chi connectivity index (χ1v) is 5.14. The average molecular weight is 248 g/mol. The van der Waals surface area contributed by atoms with Gasteiger partial charge in [-0.15, -0.1) is 0 Å². The molecule has 0 saturated heterocycles. The number of nitrogens with one attached hydrogen (secondary N) is 1. The van der Waals surface area contributed by atoms with Crippen LogP contribution in [0.2, 0.25) is 0 Å². The lowest BCUT2D eigenvalue weighted by molar-refractivity contribution is -0.141. The van der Waals surface area contributed by atoms with Gasteiger partial charge in [-0.1, -0.05) is 0 Å². The SMILES string of the molecule is Cc1cc(C(=O)CN(C)CC(F)(F)F)c(C)[nH]1. The molecule has 1 rings (SSSR count). The molecule has 0 saturated carbocycles. The van der Waals surface area contributed by atoms with Crippen LogP contribution in [0.5, 0.6) is 0 Å². The summed E-state index contributed by atoms with van der Waals surface area (Å²) in [6.45, 7) is 2.20. The Kier molecular flexibility index (Phi) is 3.98. The number of Topliss-reactive ketones (excluding diaryl/α,β-unsaturated/α-hetero) is 1. The molecule has 1 aromatic rings. The topological polar surface area (TPSA) is 36.1 Å². The van der Waals surface area contributed by atoms with Gasteiger partial charge in [0.1, 0.15) is 0 Å². The first-order valence-electron chi connectivity index (χ1n) is 5.14. The Morgan fingerprint density at radius 2 is 2.00 bits per heavy atom. The summed E-state index contributed by atoms with van der Waals surface area (Å²) in [7, 11) is 1.28. The van der Waals surface area contributed by atoms with Crippen molar-refractivity contribution in [2.45, 2.75) is 20.0 Å². The number of carbonyl (C=O) groups is 1. The van der Waals surface area contributed by atoms with E-state index in [1.54, 1.807) is 19.9 Å². The molecular formula is C11H15F3N2O. The minimum absolute atomic E-state index is 0.238. The van der Waals surface area contributed by atoms with Gasteiger partial charge in [-0.05, 0) is 27.0 Å². The molecule has 1 aromatic heterocycles. The summed E-state index contributed by atoms with van der Waals surface area (Å²) in [6.07, 6.45) is -4.28. The molecule has 3 nitrogen and oxygen atoms in total. The van der Waals surface area contributed by atoms with Crippen molar-refractivity contribution in [2.24, 2.45) is 0 Å². The molecule has 17 heavy (non-hydrogen) atoms. The molecule has 0 unspecified atom stereocenters. The van der Waals surface area contributed by atoms with Crippen LogP contribution in [0.3, 0.4) is 0 Å². The number of hydrogen-bond donors (Lipinski definition) is 1. The van der Waals surface area contributed by atoms with E-state index in [4.69, 9.17) is 0 Å². The van der Waals surface area contributed by atoms with Gasteiger partial charge in [-0.25, -0.2) is 0 Å². The summed E-state index contributed by atoms with van der Waals surface area (Å²) in [5.41, 5.74) is 1.97. The van der Waals surface area contributed by atoms with Crippen molar-refractivity contribution >= 4 is 5.78 Å². The zero-order valence-electron chi connectivity index (χ0n) is 9.98. The molecule has 0 bridgehead atoms. The predicted octanol–water partition coefficient (Wildman–Crippen LogP) is 2.31. The van der Waals surface area contributed by atoms with Crippen molar-refractivity contribution in [3.8, 4) is 0 Å². The molecule has 0 aliphatic carbocycles. The molecule has 0 atom stereocenters. The third-order valence-electron chi connectivity index (χ3n) is 2.31. The number of ketones is 1. The van der Waals surface area contributed by atoms with Crippen LogP contribution in [-0.4, -0.2) is 42.0 Å². The first kappa shape index (κ1) is 13.8. The number of rotatable bonds is 4. The molecule has 0 aliphatic rings. The predicted molar refractivity (Wildman–Crippen MR) is 58.1 cm³/mol. The second kappa shape index (κ2) is 4.91. The van der Waals surface area contributed by atoms with Crippen LogP contribution >= 0.6 is 0 Å². The van der Waals surface area contributed by atoms with E-state index in [0.717, 1.165) is 10.6 Å². The number of likely N-dealkylation sites (N-methyl/N-ethyl adjacent to an activating group) is 1. The Balaban J connectivity index is 2.64. The number of carbonyl (C=O) groups excluding carboxylic acids is 1. The van der Waals surface area contributed by atoms with E-state index in [0.29, 0.717) is 11.3 Å². The summed E-state index contributed by atoms with van der Waals surface area (Å²) >= 11 is 0. The van der Waals surface area contributed by atoms with Gasteiger partial charge in [0.2, 0.25) is 0 Å². The summed E-state index contributed by atoms with van der Waals surface area (Å²) < 4.78 is 36.2. The van der Waals surface area contributed by atoms with Gasteiger partial charge < -0.3 is 4.98 Å². The van der Waals surface area contributed by atoms with E-state index in [2.05, 4.69) is 4.98 Å². The molecule has 0 spiro atoms. The Morgan fingerprint density at radius 3 is 2.41 bits per heavy atom. The second-order valence-corrected chi connectivity index (χ2v) is 4.20. The fourth-order valence-electron chi connectivity index (χ4n) is 1.71. The number of halogens is 3. The number of aryl methyl sites for hydroxylation is 2. The normalized spacial score (nSPS) is 12.2. The molecule has 0 amide bonds. The molecule has 0 aromatic carbocycles. The minimum atomic E-state index is -4.28. The Labute approximate surface area is 97.6 Å². The van der Waals surface area contributed by atoms with E-state index in [-0.39, 0.29) is 12.3 Å². The zero-order chi connectivity index (χ0) is 13.2. The molecule has 96 valence electrons.